The van der Waals surface area contributed by atoms with Gasteiger partial charge < -0.3 is 5.32 Å². The Morgan fingerprint density at radius 1 is 1.36 bits per heavy atom. The molecule has 1 atom stereocenters. The molecule has 14 heavy (non-hydrogen) atoms. The van der Waals surface area contributed by atoms with Gasteiger partial charge in [-0.25, -0.2) is 4.39 Å². The largest absolute Gasteiger partial charge is 0.310 e. The molecule has 0 spiro atoms. The molecule has 2 rings (SSSR count). The normalized spacial score (nSPS) is 22.3. The van der Waals surface area contributed by atoms with Crippen molar-refractivity contribution in [1.82, 2.24) is 5.32 Å². The Bertz CT molecular complexity index is 316. The molecule has 1 aliphatic heterocycles. The van der Waals surface area contributed by atoms with E-state index in [2.05, 4.69) is 5.32 Å². The van der Waals surface area contributed by atoms with Crippen molar-refractivity contribution >= 4 is 0 Å². The van der Waals surface area contributed by atoms with Crippen LogP contribution in [0, 0.1) is 12.7 Å². The van der Waals surface area contributed by atoms with Crippen LogP contribution in [0.1, 0.15) is 36.4 Å². The van der Waals surface area contributed by atoms with Crippen LogP contribution < -0.4 is 5.32 Å². The van der Waals surface area contributed by atoms with Crippen molar-refractivity contribution in [3.8, 4) is 0 Å². The first-order valence-electron chi connectivity index (χ1n) is 5.27. The Balaban J connectivity index is 2.22. The van der Waals surface area contributed by atoms with Crippen LogP contribution in [-0.2, 0) is 0 Å². The maximum atomic E-state index is 12.9. The Labute approximate surface area is 84.3 Å². The van der Waals surface area contributed by atoms with Gasteiger partial charge in [-0.2, -0.15) is 0 Å². The van der Waals surface area contributed by atoms with Gasteiger partial charge in [0.25, 0.3) is 0 Å². The van der Waals surface area contributed by atoms with Crippen molar-refractivity contribution in [3.63, 3.8) is 0 Å². The minimum Gasteiger partial charge on any atom is -0.310 e. The first-order valence-corrected chi connectivity index (χ1v) is 5.27. The molecule has 0 aromatic heterocycles. The number of halogens is 1. The predicted octanol–water partition coefficient (Wildman–Crippen LogP) is 2.95. The zero-order valence-corrected chi connectivity index (χ0v) is 8.52. The van der Waals surface area contributed by atoms with Gasteiger partial charge >= 0.3 is 0 Å². The summed E-state index contributed by atoms with van der Waals surface area (Å²) in [5.74, 6) is -0.137. The number of piperidine rings is 1. The summed E-state index contributed by atoms with van der Waals surface area (Å²) in [6.45, 7) is 3.07. The van der Waals surface area contributed by atoms with Gasteiger partial charge in [0.15, 0.2) is 0 Å². The second-order valence-corrected chi connectivity index (χ2v) is 4.00. The van der Waals surface area contributed by atoms with E-state index in [-0.39, 0.29) is 5.82 Å². The van der Waals surface area contributed by atoms with Crippen molar-refractivity contribution < 1.29 is 4.39 Å². The first-order chi connectivity index (χ1) is 6.77. The monoisotopic (exact) mass is 193 g/mol. The van der Waals surface area contributed by atoms with Crippen molar-refractivity contribution in [2.75, 3.05) is 6.54 Å². The number of benzene rings is 1. The summed E-state index contributed by atoms with van der Waals surface area (Å²) in [5.41, 5.74) is 2.32. The molecule has 0 bridgehead atoms. The molecule has 1 saturated heterocycles. The number of hydrogen-bond donors (Lipinski definition) is 1. The van der Waals surface area contributed by atoms with E-state index < -0.39 is 0 Å². The summed E-state index contributed by atoms with van der Waals surface area (Å²) in [4.78, 5) is 0. The Hall–Kier alpha value is -0.890. The van der Waals surface area contributed by atoms with Crippen LogP contribution in [0.2, 0.25) is 0 Å². The van der Waals surface area contributed by atoms with Gasteiger partial charge in [-0.1, -0.05) is 12.5 Å². The molecule has 0 amide bonds. The van der Waals surface area contributed by atoms with Crippen LogP contribution in [0.25, 0.3) is 0 Å². The van der Waals surface area contributed by atoms with Crippen LogP contribution in [-0.4, -0.2) is 6.54 Å². The van der Waals surface area contributed by atoms with Crippen LogP contribution in [0.3, 0.4) is 0 Å². The van der Waals surface area contributed by atoms with E-state index in [1.54, 1.807) is 12.1 Å². The molecule has 0 aliphatic carbocycles. The second kappa shape index (κ2) is 4.09. The SMILES string of the molecule is Cc1cc(F)ccc1C1CCCCN1. The predicted molar refractivity (Wildman–Crippen MR) is 55.7 cm³/mol. The van der Waals surface area contributed by atoms with Crippen LogP contribution in [0.15, 0.2) is 18.2 Å². The summed E-state index contributed by atoms with van der Waals surface area (Å²) >= 11 is 0. The summed E-state index contributed by atoms with van der Waals surface area (Å²) in [5, 5.41) is 3.47. The summed E-state index contributed by atoms with van der Waals surface area (Å²) in [6.07, 6.45) is 3.71. The van der Waals surface area contributed by atoms with E-state index in [9.17, 15) is 4.39 Å². The molecule has 76 valence electrons. The lowest BCUT2D eigenvalue weighted by atomic mass is 9.94. The van der Waals surface area contributed by atoms with E-state index in [1.165, 1.54) is 24.8 Å². The highest BCUT2D eigenvalue weighted by Gasteiger charge is 2.16. The highest BCUT2D eigenvalue weighted by Crippen LogP contribution is 2.25. The molecule has 1 unspecified atom stereocenters. The second-order valence-electron chi connectivity index (χ2n) is 4.00. The average molecular weight is 193 g/mol. The van der Waals surface area contributed by atoms with Crippen molar-refractivity contribution in [3.05, 3.63) is 35.1 Å². The van der Waals surface area contributed by atoms with Crippen molar-refractivity contribution in [2.45, 2.75) is 32.2 Å². The van der Waals surface area contributed by atoms with Gasteiger partial charge in [0, 0.05) is 6.04 Å². The maximum absolute atomic E-state index is 12.9. The number of rotatable bonds is 1. The molecule has 0 radical (unpaired) electrons. The molecule has 1 aromatic carbocycles. The average Bonchev–Trinajstić information content (AvgIpc) is 2.19. The van der Waals surface area contributed by atoms with Crippen LogP contribution in [0.5, 0.6) is 0 Å². The molecular formula is C12H16FN. The summed E-state index contributed by atoms with van der Waals surface area (Å²) < 4.78 is 12.9. The molecule has 1 aliphatic rings. The van der Waals surface area contributed by atoms with Gasteiger partial charge in [0.1, 0.15) is 5.82 Å². The molecule has 1 nitrogen and oxygen atoms in total. The van der Waals surface area contributed by atoms with Gasteiger partial charge in [-0.05, 0) is 49.6 Å². The maximum Gasteiger partial charge on any atom is 0.123 e. The van der Waals surface area contributed by atoms with Crippen molar-refractivity contribution in [1.29, 1.82) is 0 Å². The molecule has 0 saturated carbocycles. The molecule has 1 heterocycles. The number of hydrogen-bond acceptors (Lipinski definition) is 1. The topological polar surface area (TPSA) is 12.0 Å². The molecule has 2 heteroatoms. The number of nitrogens with one attached hydrogen (secondary N) is 1. The minimum absolute atomic E-state index is 0.137. The summed E-state index contributed by atoms with van der Waals surface area (Å²) in [6, 6.07) is 5.52. The van der Waals surface area contributed by atoms with Gasteiger partial charge in [-0.15, -0.1) is 0 Å². The van der Waals surface area contributed by atoms with E-state index in [0.29, 0.717) is 6.04 Å². The molecule has 1 fully saturated rings. The van der Waals surface area contributed by atoms with Crippen LogP contribution in [0.4, 0.5) is 4.39 Å². The zero-order chi connectivity index (χ0) is 9.97. The quantitative estimate of drug-likeness (QED) is 0.723. The number of aryl methyl sites for hydroxylation is 1. The van der Waals surface area contributed by atoms with E-state index in [0.717, 1.165) is 12.1 Å². The molecular weight excluding hydrogens is 177 g/mol. The van der Waals surface area contributed by atoms with Gasteiger partial charge in [-0.3, -0.25) is 0 Å². The highest BCUT2D eigenvalue weighted by molar-refractivity contribution is 5.29. The zero-order valence-electron chi connectivity index (χ0n) is 8.52. The third-order valence-electron chi connectivity index (χ3n) is 2.92. The lowest BCUT2D eigenvalue weighted by Gasteiger charge is -2.25. The minimum atomic E-state index is -0.137. The smallest absolute Gasteiger partial charge is 0.123 e. The third-order valence-corrected chi connectivity index (χ3v) is 2.92. The fraction of sp³-hybridized carbons (Fsp3) is 0.500. The Kier molecular flexibility index (Phi) is 2.82. The van der Waals surface area contributed by atoms with E-state index >= 15 is 0 Å². The standard InChI is InChI=1S/C12H16FN/c1-9-8-10(13)5-6-11(9)12-4-2-3-7-14-12/h5-6,8,12,14H,2-4,7H2,1H3. The van der Waals surface area contributed by atoms with Crippen LogP contribution >= 0.6 is 0 Å². The van der Waals surface area contributed by atoms with E-state index in [1.807, 2.05) is 13.0 Å². The lowest BCUT2D eigenvalue weighted by Crippen LogP contribution is -2.27. The lowest BCUT2D eigenvalue weighted by molar-refractivity contribution is 0.410. The highest BCUT2D eigenvalue weighted by atomic mass is 19.1. The van der Waals surface area contributed by atoms with Crippen molar-refractivity contribution in [2.24, 2.45) is 0 Å². The van der Waals surface area contributed by atoms with Gasteiger partial charge in [0.2, 0.25) is 0 Å². The Morgan fingerprint density at radius 3 is 2.86 bits per heavy atom. The fourth-order valence-electron chi connectivity index (χ4n) is 2.15. The molecule has 1 N–H and O–H groups in total. The fourth-order valence-corrected chi connectivity index (χ4v) is 2.15. The van der Waals surface area contributed by atoms with E-state index in [4.69, 9.17) is 0 Å². The van der Waals surface area contributed by atoms with Gasteiger partial charge in [0.05, 0.1) is 0 Å². The Morgan fingerprint density at radius 2 is 2.21 bits per heavy atom. The summed E-state index contributed by atoms with van der Waals surface area (Å²) in [7, 11) is 0. The third kappa shape index (κ3) is 1.95. The first kappa shape index (κ1) is 9.66. The molecule has 1 aromatic rings.